The number of fused-ring (bicyclic) bond motifs is 1. The summed E-state index contributed by atoms with van der Waals surface area (Å²) in [5.74, 6) is 1.62. The van der Waals surface area contributed by atoms with Crippen molar-refractivity contribution in [1.29, 1.82) is 0 Å². The molecule has 0 unspecified atom stereocenters. The van der Waals surface area contributed by atoms with Crippen molar-refractivity contribution < 1.29 is 14.3 Å². The van der Waals surface area contributed by atoms with Crippen LogP contribution in [0, 0.1) is 0 Å². The molecule has 4 rings (SSSR count). The Balaban J connectivity index is 1.68. The molecule has 0 radical (unpaired) electrons. The van der Waals surface area contributed by atoms with Crippen LogP contribution >= 0.6 is 0 Å². The van der Waals surface area contributed by atoms with Crippen LogP contribution in [-0.4, -0.2) is 42.4 Å². The quantitative estimate of drug-likeness (QED) is 0.845. The highest BCUT2D eigenvalue weighted by Crippen LogP contribution is 2.36. The zero-order chi connectivity index (χ0) is 19.9. The van der Waals surface area contributed by atoms with E-state index in [9.17, 15) is 4.79 Å². The standard InChI is InChI=1S/C21H26N4O3/c1-13(2)27-18-11-17-15(10-16(18)14(3)22)4-7-23-19(17)25-8-5-21(6-9-25)12-24-20(26)28-21/h4,7,10-11,13H,3,5-6,8-9,12,22H2,1-2H3,(H,24,26). The number of alkyl carbamates (subject to hydrolysis) is 1. The number of hydrogen-bond acceptors (Lipinski definition) is 6. The number of pyridine rings is 1. The fourth-order valence-electron chi connectivity index (χ4n) is 3.95. The number of anilines is 1. The van der Waals surface area contributed by atoms with Crippen molar-refractivity contribution in [2.24, 2.45) is 5.73 Å². The maximum Gasteiger partial charge on any atom is 0.407 e. The molecule has 148 valence electrons. The number of carbonyl (C=O) groups is 1. The molecule has 0 aliphatic carbocycles. The minimum atomic E-state index is -0.380. The summed E-state index contributed by atoms with van der Waals surface area (Å²) in [5.41, 5.74) is 6.90. The first kappa shape index (κ1) is 18.4. The maximum atomic E-state index is 11.5. The smallest absolute Gasteiger partial charge is 0.407 e. The van der Waals surface area contributed by atoms with Gasteiger partial charge in [-0.05, 0) is 37.4 Å². The number of piperidine rings is 1. The lowest BCUT2D eigenvalue weighted by Gasteiger charge is -2.38. The highest BCUT2D eigenvalue weighted by molar-refractivity contribution is 5.96. The maximum absolute atomic E-state index is 11.5. The Kier molecular flexibility index (Phi) is 4.53. The Morgan fingerprint density at radius 2 is 2.14 bits per heavy atom. The molecule has 2 aromatic rings. The van der Waals surface area contributed by atoms with E-state index in [1.54, 1.807) is 0 Å². The third kappa shape index (κ3) is 3.32. The van der Waals surface area contributed by atoms with E-state index in [-0.39, 0.29) is 17.8 Å². The zero-order valence-electron chi connectivity index (χ0n) is 16.3. The SMILES string of the molecule is C=C(N)c1cc2ccnc(N3CCC4(CC3)CNC(=O)O4)c2cc1OC(C)C. The average molecular weight is 382 g/mol. The Hall–Kier alpha value is -2.96. The molecule has 1 spiro atoms. The van der Waals surface area contributed by atoms with Crippen molar-refractivity contribution in [3.05, 3.63) is 36.5 Å². The van der Waals surface area contributed by atoms with Gasteiger partial charge in [0.15, 0.2) is 0 Å². The summed E-state index contributed by atoms with van der Waals surface area (Å²) in [5, 5.41) is 4.83. The van der Waals surface area contributed by atoms with Gasteiger partial charge in [0, 0.05) is 48.8 Å². The largest absolute Gasteiger partial charge is 0.490 e. The molecule has 3 heterocycles. The van der Waals surface area contributed by atoms with Crippen LogP contribution in [0.1, 0.15) is 32.3 Å². The lowest BCUT2D eigenvalue weighted by molar-refractivity contribution is 0.0366. The first-order valence-corrected chi connectivity index (χ1v) is 9.63. The summed E-state index contributed by atoms with van der Waals surface area (Å²) >= 11 is 0. The van der Waals surface area contributed by atoms with Gasteiger partial charge in [-0.3, -0.25) is 0 Å². The summed E-state index contributed by atoms with van der Waals surface area (Å²) in [4.78, 5) is 18.4. The summed E-state index contributed by atoms with van der Waals surface area (Å²) in [6, 6.07) is 5.99. The van der Waals surface area contributed by atoms with Gasteiger partial charge in [0.05, 0.1) is 12.6 Å². The van der Waals surface area contributed by atoms with Crippen LogP contribution in [0.2, 0.25) is 0 Å². The molecule has 7 heteroatoms. The Labute approximate surface area is 164 Å². The summed E-state index contributed by atoms with van der Waals surface area (Å²) in [6.45, 7) is 9.97. The van der Waals surface area contributed by atoms with Gasteiger partial charge in [0.1, 0.15) is 17.2 Å². The van der Waals surface area contributed by atoms with Gasteiger partial charge in [0.25, 0.3) is 0 Å². The number of hydrogen-bond donors (Lipinski definition) is 2. The molecule has 0 bridgehead atoms. The van der Waals surface area contributed by atoms with Crippen molar-refractivity contribution in [3.63, 3.8) is 0 Å². The van der Waals surface area contributed by atoms with Crippen molar-refractivity contribution >= 4 is 28.4 Å². The van der Waals surface area contributed by atoms with E-state index in [0.29, 0.717) is 18.0 Å². The topological polar surface area (TPSA) is 89.7 Å². The highest BCUT2D eigenvalue weighted by atomic mass is 16.6. The molecule has 2 aliphatic rings. The molecule has 1 aromatic heterocycles. The molecule has 1 aromatic carbocycles. The molecule has 28 heavy (non-hydrogen) atoms. The predicted octanol–water partition coefficient (Wildman–Crippen LogP) is 3.03. The van der Waals surface area contributed by atoms with E-state index >= 15 is 0 Å². The third-order valence-corrected chi connectivity index (χ3v) is 5.39. The molecular weight excluding hydrogens is 356 g/mol. The molecule has 3 N–H and O–H groups in total. The summed E-state index contributed by atoms with van der Waals surface area (Å²) in [7, 11) is 0. The van der Waals surface area contributed by atoms with Crippen molar-refractivity contribution in [3.8, 4) is 5.75 Å². The molecule has 7 nitrogen and oxygen atoms in total. The van der Waals surface area contributed by atoms with Crippen molar-refractivity contribution in [1.82, 2.24) is 10.3 Å². The lowest BCUT2D eigenvalue weighted by Crippen LogP contribution is -2.47. The van der Waals surface area contributed by atoms with Crippen LogP contribution in [-0.2, 0) is 4.74 Å². The van der Waals surface area contributed by atoms with E-state index in [1.807, 2.05) is 38.2 Å². The Morgan fingerprint density at radius 1 is 1.39 bits per heavy atom. The molecule has 0 saturated carbocycles. The summed E-state index contributed by atoms with van der Waals surface area (Å²) in [6.07, 6.45) is 3.07. The molecule has 2 fully saturated rings. The number of benzene rings is 1. The van der Waals surface area contributed by atoms with E-state index < -0.39 is 0 Å². The Morgan fingerprint density at radius 3 is 2.75 bits per heavy atom. The number of amides is 1. The highest BCUT2D eigenvalue weighted by Gasteiger charge is 2.43. The normalized spacial score (nSPS) is 18.4. The molecule has 2 aliphatic heterocycles. The van der Waals surface area contributed by atoms with Gasteiger partial charge in [-0.15, -0.1) is 0 Å². The molecular formula is C21H26N4O3. The minimum absolute atomic E-state index is 0.0232. The number of aromatic nitrogens is 1. The molecule has 1 amide bonds. The van der Waals surface area contributed by atoms with Crippen molar-refractivity contribution in [2.75, 3.05) is 24.5 Å². The van der Waals surface area contributed by atoms with Gasteiger partial charge < -0.3 is 25.4 Å². The monoisotopic (exact) mass is 382 g/mol. The van der Waals surface area contributed by atoms with Crippen LogP contribution in [0.3, 0.4) is 0 Å². The molecule has 2 saturated heterocycles. The second-order valence-electron chi connectivity index (χ2n) is 7.81. The van der Waals surface area contributed by atoms with Crippen molar-refractivity contribution in [2.45, 2.75) is 38.4 Å². The first-order valence-electron chi connectivity index (χ1n) is 9.63. The number of rotatable bonds is 4. The number of nitrogens with two attached hydrogens (primary N) is 1. The van der Waals surface area contributed by atoms with E-state index in [0.717, 1.165) is 48.1 Å². The fourth-order valence-corrected chi connectivity index (χ4v) is 3.95. The van der Waals surface area contributed by atoms with Crippen LogP contribution in [0.4, 0.5) is 10.6 Å². The average Bonchev–Trinajstić information content (AvgIpc) is 3.01. The number of ether oxygens (including phenoxy) is 2. The number of nitrogens with zero attached hydrogens (tertiary/aromatic N) is 2. The second-order valence-corrected chi connectivity index (χ2v) is 7.81. The summed E-state index contributed by atoms with van der Waals surface area (Å²) < 4.78 is 11.5. The van der Waals surface area contributed by atoms with Crippen LogP contribution < -0.4 is 20.7 Å². The minimum Gasteiger partial charge on any atom is -0.490 e. The number of nitrogens with one attached hydrogen (secondary N) is 1. The van der Waals surface area contributed by atoms with E-state index in [4.69, 9.17) is 15.2 Å². The van der Waals surface area contributed by atoms with Gasteiger partial charge >= 0.3 is 6.09 Å². The van der Waals surface area contributed by atoms with E-state index in [2.05, 4.69) is 21.8 Å². The fraction of sp³-hybridized carbons (Fsp3) is 0.429. The number of carbonyl (C=O) groups excluding carboxylic acids is 1. The van der Waals surface area contributed by atoms with Gasteiger partial charge in [-0.1, -0.05) is 6.58 Å². The third-order valence-electron chi connectivity index (χ3n) is 5.39. The first-order chi connectivity index (χ1) is 13.4. The van der Waals surface area contributed by atoms with E-state index in [1.165, 1.54) is 0 Å². The van der Waals surface area contributed by atoms with Gasteiger partial charge in [0.2, 0.25) is 0 Å². The van der Waals surface area contributed by atoms with Gasteiger partial charge in [-0.2, -0.15) is 0 Å². The second kappa shape index (κ2) is 6.89. The zero-order valence-corrected chi connectivity index (χ0v) is 16.3. The van der Waals surface area contributed by atoms with Crippen LogP contribution in [0.5, 0.6) is 5.75 Å². The lowest BCUT2D eigenvalue weighted by atomic mass is 9.91. The van der Waals surface area contributed by atoms with Crippen LogP contribution in [0.15, 0.2) is 31.0 Å². The van der Waals surface area contributed by atoms with Gasteiger partial charge in [-0.25, -0.2) is 9.78 Å². The Bertz CT molecular complexity index is 933. The molecule has 0 atom stereocenters. The predicted molar refractivity (Wildman–Crippen MR) is 109 cm³/mol. The van der Waals surface area contributed by atoms with Crippen LogP contribution in [0.25, 0.3) is 16.5 Å².